The summed E-state index contributed by atoms with van der Waals surface area (Å²) in [6.45, 7) is 0. The van der Waals surface area contributed by atoms with Crippen LogP contribution in [0.15, 0.2) is 140 Å². The third kappa shape index (κ3) is 5.67. The molecular formula is C44H32IN5. The molecule has 0 spiro atoms. The van der Waals surface area contributed by atoms with Gasteiger partial charge < -0.3 is 33.9 Å². The molecule has 50 heavy (non-hydrogen) atoms. The summed E-state index contributed by atoms with van der Waals surface area (Å²) < 4.78 is 2.05. The SMILES string of the molecule is C[n+]1ccc(-c2c3nc(c(-c4ccccc4)c4ccc([nH]4)c(-c4ccccc4)c4nc(c(-c5ccccc5)c5ccc2[nH]5)C=C4)C=C3)cc1.[I-]. The number of H-pyrrole nitrogens is 2. The van der Waals surface area contributed by atoms with Crippen LogP contribution in [0.4, 0.5) is 0 Å². The van der Waals surface area contributed by atoms with E-state index in [0.717, 1.165) is 89.4 Å². The van der Waals surface area contributed by atoms with Gasteiger partial charge in [-0.1, -0.05) is 91.0 Å². The highest BCUT2D eigenvalue weighted by Gasteiger charge is 2.19. The molecule has 0 amide bonds. The Labute approximate surface area is 307 Å². The Kier molecular flexibility index (Phi) is 8.30. The van der Waals surface area contributed by atoms with Crippen molar-refractivity contribution in [1.29, 1.82) is 0 Å². The van der Waals surface area contributed by atoms with Crippen molar-refractivity contribution in [2.24, 2.45) is 7.05 Å². The van der Waals surface area contributed by atoms with Gasteiger partial charge in [-0.3, -0.25) is 0 Å². The minimum atomic E-state index is 0. The molecule has 4 aromatic heterocycles. The van der Waals surface area contributed by atoms with Crippen LogP contribution in [0.25, 0.3) is 90.9 Å². The molecule has 0 atom stereocenters. The second-order valence-electron chi connectivity index (χ2n) is 12.4. The number of fused-ring (bicyclic) bond motifs is 8. The number of pyridine rings is 1. The van der Waals surface area contributed by atoms with E-state index in [9.17, 15) is 0 Å². The van der Waals surface area contributed by atoms with Gasteiger partial charge in [0, 0.05) is 56.5 Å². The van der Waals surface area contributed by atoms with Crippen LogP contribution < -0.4 is 28.5 Å². The lowest BCUT2D eigenvalue weighted by atomic mass is 10.0. The number of rotatable bonds is 4. The van der Waals surface area contributed by atoms with Gasteiger partial charge in [-0.25, -0.2) is 14.5 Å². The van der Waals surface area contributed by atoms with E-state index in [1.165, 1.54) is 0 Å². The Hall–Kier alpha value is -5.86. The van der Waals surface area contributed by atoms with E-state index in [1.807, 2.05) is 29.8 Å². The van der Waals surface area contributed by atoms with Crippen LogP contribution in [-0.4, -0.2) is 19.9 Å². The molecule has 6 heteroatoms. The topological polar surface area (TPSA) is 61.2 Å². The van der Waals surface area contributed by atoms with E-state index < -0.39 is 0 Å². The Morgan fingerprint density at radius 1 is 0.380 bits per heavy atom. The number of aromatic nitrogens is 5. The zero-order valence-corrected chi connectivity index (χ0v) is 29.5. The first-order valence-electron chi connectivity index (χ1n) is 16.5. The van der Waals surface area contributed by atoms with Crippen LogP contribution in [0.1, 0.15) is 22.8 Å². The number of hydrogen-bond acceptors (Lipinski definition) is 2. The molecule has 240 valence electrons. The largest absolute Gasteiger partial charge is 1.00 e. The maximum Gasteiger partial charge on any atom is 0.169 e. The normalized spacial score (nSPS) is 11.8. The van der Waals surface area contributed by atoms with Crippen molar-refractivity contribution < 1.29 is 28.5 Å². The molecule has 0 aliphatic carbocycles. The molecule has 0 unspecified atom stereocenters. The number of aryl methyl sites for hydroxylation is 1. The monoisotopic (exact) mass is 757 g/mol. The summed E-state index contributed by atoms with van der Waals surface area (Å²) in [5.74, 6) is 0. The molecule has 8 bridgehead atoms. The Morgan fingerprint density at radius 2 is 0.660 bits per heavy atom. The van der Waals surface area contributed by atoms with Gasteiger partial charge in [0.15, 0.2) is 12.4 Å². The number of nitrogens with zero attached hydrogens (tertiary/aromatic N) is 3. The van der Waals surface area contributed by atoms with Gasteiger partial charge in [-0.2, -0.15) is 0 Å². The van der Waals surface area contributed by atoms with Crippen molar-refractivity contribution in [1.82, 2.24) is 19.9 Å². The number of halogens is 1. The molecule has 5 nitrogen and oxygen atoms in total. The summed E-state index contributed by atoms with van der Waals surface area (Å²) in [7, 11) is 2.04. The fraction of sp³-hybridized carbons (Fsp3) is 0.0227. The van der Waals surface area contributed by atoms with Gasteiger partial charge in [0.1, 0.15) is 7.05 Å². The van der Waals surface area contributed by atoms with E-state index in [2.05, 4.69) is 156 Å². The van der Waals surface area contributed by atoms with Crippen LogP contribution in [-0.2, 0) is 7.05 Å². The molecule has 7 aromatic rings. The van der Waals surface area contributed by atoms with Gasteiger partial charge in [-0.05, 0) is 70.8 Å². The molecular weight excluding hydrogens is 725 g/mol. The fourth-order valence-electron chi connectivity index (χ4n) is 6.90. The summed E-state index contributed by atoms with van der Waals surface area (Å²) in [6, 6.07) is 44.5. The first-order valence-corrected chi connectivity index (χ1v) is 16.5. The summed E-state index contributed by atoms with van der Waals surface area (Å²) in [6.07, 6.45) is 12.7. The van der Waals surface area contributed by atoms with Crippen LogP contribution in [0.5, 0.6) is 0 Å². The molecule has 2 N–H and O–H groups in total. The van der Waals surface area contributed by atoms with Crippen LogP contribution in [0.3, 0.4) is 0 Å². The smallest absolute Gasteiger partial charge is 0.169 e. The lowest BCUT2D eigenvalue weighted by molar-refractivity contribution is -0.671. The maximum absolute atomic E-state index is 5.36. The van der Waals surface area contributed by atoms with E-state index in [1.54, 1.807) is 0 Å². The third-order valence-electron chi connectivity index (χ3n) is 9.21. The van der Waals surface area contributed by atoms with E-state index in [-0.39, 0.29) is 24.0 Å². The third-order valence-corrected chi connectivity index (χ3v) is 9.21. The minimum absolute atomic E-state index is 0. The Balaban J connectivity index is 0.00000361. The number of aromatic amines is 2. The first kappa shape index (κ1) is 31.4. The van der Waals surface area contributed by atoms with Crippen molar-refractivity contribution in [3.63, 3.8) is 0 Å². The summed E-state index contributed by atoms with van der Waals surface area (Å²) in [4.78, 5) is 18.3. The average Bonchev–Trinajstić information content (AvgIpc) is 3.98. The predicted octanol–water partition coefficient (Wildman–Crippen LogP) is 7.15. The molecule has 3 aromatic carbocycles. The van der Waals surface area contributed by atoms with Crippen molar-refractivity contribution >= 4 is 46.4 Å². The zero-order valence-electron chi connectivity index (χ0n) is 27.3. The molecule has 9 rings (SSSR count). The van der Waals surface area contributed by atoms with Crippen molar-refractivity contribution in [2.75, 3.05) is 0 Å². The van der Waals surface area contributed by atoms with E-state index in [0.29, 0.717) is 0 Å². The van der Waals surface area contributed by atoms with E-state index >= 15 is 0 Å². The van der Waals surface area contributed by atoms with Gasteiger partial charge in [0.05, 0.1) is 22.8 Å². The average molecular weight is 758 g/mol. The fourth-order valence-corrected chi connectivity index (χ4v) is 6.90. The molecule has 0 saturated heterocycles. The molecule has 6 heterocycles. The lowest BCUT2D eigenvalue weighted by Gasteiger charge is -2.06. The molecule has 0 radical (unpaired) electrons. The molecule has 0 saturated carbocycles. The van der Waals surface area contributed by atoms with Gasteiger partial charge >= 0.3 is 0 Å². The molecule has 0 fully saturated rings. The van der Waals surface area contributed by atoms with Crippen LogP contribution in [0, 0.1) is 0 Å². The standard InChI is InChI=1S/C44H31N5.HI/c1-49-27-25-32(26-28-49)44-39-23-21-37(47-39)42(30-13-7-3-8-14-30)35-19-17-33(45-35)41(29-11-5-2-6-12-29)34-18-20-36(46-34)43(31-15-9-4-10-16-31)38-22-24-40(44)48-38;/h2-28H,1H3,(H,45,46,47,48);1H. The van der Waals surface area contributed by atoms with E-state index in [4.69, 9.17) is 9.97 Å². The van der Waals surface area contributed by atoms with Gasteiger partial charge in [0.25, 0.3) is 0 Å². The highest BCUT2D eigenvalue weighted by molar-refractivity contribution is 5.99. The Morgan fingerprint density at radius 3 is 0.960 bits per heavy atom. The number of nitrogens with one attached hydrogen (secondary N) is 2. The summed E-state index contributed by atoms with van der Waals surface area (Å²) >= 11 is 0. The zero-order chi connectivity index (χ0) is 32.7. The second-order valence-corrected chi connectivity index (χ2v) is 12.4. The Bertz CT molecular complexity index is 2540. The van der Waals surface area contributed by atoms with Gasteiger partial charge in [-0.15, -0.1) is 0 Å². The number of hydrogen-bond donors (Lipinski definition) is 2. The lowest BCUT2D eigenvalue weighted by Crippen LogP contribution is -3.00. The van der Waals surface area contributed by atoms with Crippen molar-refractivity contribution in [3.8, 4) is 44.5 Å². The predicted molar refractivity (Wildman–Crippen MR) is 202 cm³/mol. The first-order chi connectivity index (χ1) is 24.2. The molecule has 2 aliphatic heterocycles. The van der Waals surface area contributed by atoms with Crippen LogP contribution >= 0.6 is 0 Å². The van der Waals surface area contributed by atoms with Gasteiger partial charge in [0.2, 0.25) is 0 Å². The highest BCUT2D eigenvalue weighted by Crippen LogP contribution is 2.38. The second kappa shape index (κ2) is 13.2. The van der Waals surface area contributed by atoms with Crippen molar-refractivity contribution in [2.45, 2.75) is 0 Å². The minimum Gasteiger partial charge on any atom is -1.00 e. The summed E-state index contributed by atoms with van der Waals surface area (Å²) in [5, 5.41) is 0. The quantitative estimate of drug-likeness (QED) is 0.148. The summed E-state index contributed by atoms with van der Waals surface area (Å²) in [5.41, 5.74) is 16.1. The highest BCUT2D eigenvalue weighted by atomic mass is 127. The molecule has 2 aliphatic rings. The maximum atomic E-state index is 5.36. The number of benzene rings is 3. The van der Waals surface area contributed by atoms with Crippen molar-refractivity contribution in [3.05, 3.63) is 163 Å². The van der Waals surface area contributed by atoms with Crippen LogP contribution in [0.2, 0.25) is 0 Å².